The van der Waals surface area contributed by atoms with E-state index in [4.69, 9.17) is 4.84 Å². The maximum Gasteiger partial charge on any atom is 0.250 e. The summed E-state index contributed by atoms with van der Waals surface area (Å²) in [6.45, 7) is 1.88. The molecule has 1 aliphatic rings. The van der Waals surface area contributed by atoms with E-state index in [0.29, 0.717) is 0 Å². The van der Waals surface area contributed by atoms with Gasteiger partial charge in [-0.3, -0.25) is 14.3 Å². The van der Waals surface area contributed by atoms with Crippen molar-refractivity contribution in [1.82, 2.24) is 9.73 Å². The van der Waals surface area contributed by atoms with E-state index in [1.54, 1.807) is 7.05 Å². The lowest BCUT2D eigenvalue weighted by atomic mass is 10.0. The van der Waals surface area contributed by atoms with Gasteiger partial charge in [-0.15, -0.1) is 0 Å². The monoisotopic (exact) mass is 218 g/mol. The van der Waals surface area contributed by atoms with Gasteiger partial charge >= 0.3 is 0 Å². The standard InChI is InChI=1S/C9H19N2O2P/c1-10(13-2)9(12)8-5-3-4-6-11(14)7-8/h8H,3-7,14H2,1-2H3. The van der Waals surface area contributed by atoms with Gasteiger partial charge in [0, 0.05) is 20.1 Å². The molecule has 0 N–H and O–H groups in total. The van der Waals surface area contributed by atoms with E-state index in [-0.39, 0.29) is 11.8 Å². The summed E-state index contributed by atoms with van der Waals surface area (Å²) >= 11 is 0. The molecule has 2 unspecified atom stereocenters. The first kappa shape index (κ1) is 11.9. The van der Waals surface area contributed by atoms with Crippen molar-refractivity contribution < 1.29 is 9.63 Å². The molecule has 1 rings (SSSR count). The summed E-state index contributed by atoms with van der Waals surface area (Å²) in [5.41, 5.74) is 0. The molecule has 0 bridgehead atoms. The Morgan fingerprint density at radius 2 is 2.29 bits per heavy atom. The molecule has 0 radical (unpaired) electrons. The topological polar surface area (TPSA) is 32.8 Å². The Hall–Kier alpha value is -0.180. The second-order valence-corrected chi connectivity index (χ2v) is 4.44. The molecule has 1 fully saturated rings. The van der Waals surface area contributed by atoms with Gasteiger partial charge in [0.1, 0.15) is 0 Å². The van der Waals surface area contributed by atoms with Crippen LogP contribution in [0, 0.1) is 5.92 Å². The van der Waals surface area contributed by atoms with Gasteiger partial charge in [-0.2, -0.15) is 0 Å². The quantitative estimate of drug-likeness (QED) is 0.510. The highest BCUT2D eigenvalue weighted by atomic mass is 31.0. The second kappa shape index (κ2) is 5.64. The molecule has 4 nitrogen and oxygen atoms in total. The van der Waals surface area contributed by atoms with Crippen LogP contribution in [0.2, 0.25) is 0 Å². The fourth-order valence-electron chi connectivity index (χ4n) is 1.72. The molecule has 1 amide bonds. The molecule has 14 heavy (non-hydrogen) atoms. The smallest absolute Gasteiger partial charge is 0.250 e. The first-order chi connectivity index (χ1) is 6.65. The lowest BCUT2D eigenvalue weighted by Gasteiger charge is -2.22. The molecule has 5 heteroatoms. The maximum absolute atomic E-state index is 11.8. The first-order valence-electron chi connectivity index (χ1n) is 4.96. The summed E-state index contributed by atoms with van der Waals surface area (Å²) < 4.78 is 2.14. The van der Waals surface area contributed by atoms with Crippen molar-refractivity contribution in [2.45, 2.75) is 19.3 Å². The highest BCUT2D eigenvalue weighted by Crippen LogP contribution is 2.20. The summed E-state index contributed by atoms with van der Waals surface area (Å²) in [5.74, 6) is 0.168. The van der Waals surface area contributed by atoms with E-state index in [9.17, 15) is 4.79 Å². The number of hydroxylamine groups is 2. The predicted octanol–water partition coefficient (Wildman–Crippen LogP) is 0.898. The Morgan fingerprint density at radius 3 is 2.93 bits per heavy atom. The average molecular weight is 218 g/mol. The van der Waals surface area contributed by atoms with Gasteiger partial charge in [0.15, 0.2) is 0 Å². The Morgan fingerprint density at radius 1 is 1.57 bits per heavy atom. The summed E-state index contributed by atoms with van der Waals surface area (Å²) in [6.07, 6.45) is 3.26. The van der Waals surface area contributed by atoms with E-state index >= 15 is 0 Å². The number of hydrogen-bond acceptors (Lipinski definition) is 3. The summed E-state index contributed by atoms with van der Waals surface area (Å²) in [4.78, 5) is 16.7. The second-order valence-electron chi connectivity index (χ2n) is 3.71. The Labute approximate surface area is 87.8 Å². The van der Waals surface area contributed by atoms with E-state index < -0.39 is 0 Å². The van der Waals surface area contributed by atoms with Crippen LogP contribution in [0.15, 0.2) is 0 Å². The minimum Gasteiger partial charge on any atom is -0.287 e. The normalized spacial score (nSPS) is 24.4. The summed E-state index contributed by atoms with van der Waals surface area (Å²) in [7, 11) is 5.87. The highest BCUT2D eigenvalue weighted by Gasteiger charge is 2.25. The van der Waals surface area contributed by atoms with Crippen molar-refractivity contribution >= 4 is 15.3 Å². The molecule has 0 saturated carbocycles. The summed E-state index contributed by atoms with van der Waals surface area (Å²) in [5, 5.41) is 1.33. The number of carbonyl (C=O) groups excluding carboxylic acids is 1. The largest absolute Gasteiger partial charge is 0.287 e. The molecule has 0 aromatic heterocycles. The Kier molecular flexibility index (Phi) is 4.79. The predicted molar refractivity (Wildman–Crippen MR) is 58.4 cm³/mol. The van der Waals surface area contributed by atoms with Gasteiger partial charge in [-0.05, 0) is 12.8 Å². The lowest BCUT2D eigenvalue weighted by Crippen LogP contribution is -2.36. The molecule has 0 spiro atoms. The third kappa shape index (κ3) is 3.19. The first-order valence-corrected chi connectivity index (χ1v) is 5.48. The van der Waals surface area contributed by atoms with E-state index in [1.807, 2.05) is 0 Å². The van der Waals surface area contributed by atoms with Crippen LogP contribution < -0.4 is 0 Å². The van der Waals surface area contributed by atoms with Crippen LogP contribution >= 0.6 is 9.39 Å². The molecule has 0 aromatic rings. The summed E-state index contributed by atoms with van der Waals surface area (Å²) in [6, 6.07) is 0. The van der Waals surface area contributed by atoms with Crippen LogP contribution in [0.25, 0.3) is 0 Å². The fraction of sp³-hybridized carbons (Fsp3) is 0.889. The SMILES string of the molecule is CON(C)C(=O)C1CCCCN(P)C1. The number of nitrogens with zero attached hydrogens (tertiary/aromatic N) is 2. The third-order valence-corrected chi connectivity index (χ3v) is 3.11. The van der Waals surface area contributed by atoms with Crippen LogP contribution in [-0.4, -0.2) is 42.9 Å². The van der Waals surface area contributed by atoms with Gasteiger partial charge in [0.2, 0.25) is 5.91 Å². The van der Waals surface area contributed by atoms with Crippen molar-refractivity contribution in [2.24, 2.45) is 5.92 Å². The van der Waals surface area contributed by atoms with Gasteiger partial charge in [-0.25, -0.2) is 5.06 Å². The molecule has 1 heterocycles. The Bertz CT molecular complexity index is 201. The highest BCUT2D eigenvalue weighted by molar-refractivity contribution is 7.13. The Balaban J connectivity index is 2.52. The third-order valence-electron chi connectivity index (χ3n) is 2.64. The van der Waals surface area contributed by atoms with Crippen molar-refractivity contribution in [3.05, 3.63) is 0 Å². The number of rotatable bonds is 2. The minimum atomic E-state index is 0.0833. The maximum atomic E-state index is 11.8. The zero-order chi connectivity index (χ0) is 10.6. The molecule has 0 aliphatic carbocycles. The van der Waals surface area contributed by atoms with Crippen LogP contribution in [0.5, 0.6) is 0 Å². The van der Waals surface area contributed by atoms with Crippen LogP contribution in [0.1, 0.15) is 19.3 Å². The molecule has 1 aliphatic heterocycles. The fourth-order valence-corrected chi connectivity index (χ4v) is 2.16. The molecule has 1 saturated heterocycles. The van der Waals surface area contributed by atoms with E-state index in [0.717, 1.165) is 25.9 Å². The zero-order valence-corrected chi connectivity index (χ0v) is 10.1. The van der Waals surface area contributed by atoms with Crippen LogP contribution in [0.4, 0.5) is 0 Å². The molecular weight excluding hydrogens is 199 g/mol. The van der Waals surface area contributed by atoms with Gasteiger partial charge in [-0.1, -0.05) is 15.8 Å². The number of amides is 1. The zero-order valence-electron chi connectivity index (χ0n) is 8.90. The molecular formula is C9H19N2O2P. The minimum absolute atomic E-state index is 0.0833. The van der Waals surface area contributed by atoms with E-state index in [1.165, 1.54) is 18.6 Å². The molecule has 0 aromatic carbocycles. The average Bonchev–Trinajstić information content (AvgIpc) is 2.40. The van der Waals surface area contributed by atoms with Crippen LogP contribution in [0.3, 0.4) is 0 Å². The lowest BCUT2D eigenvalue weighted by molar-refractivity contribution is -0.173. The van der Waals surface area contributed by atoms with Crippen molar-refractivity contribution in [1.29, 1.82) is 0 Å². The van der Waals surface area contributed by atoms with Gasteiger partial charge in [0.25, 0.3) is 0 Å². The molecule has 82 valence electrons. The number of carbonyl (C=O) groups is 1. The molecule has 2 atom stereocenters. The van der Waals surface area contributed by atoms with E-state index in [2.05, 4.69) is 14.1 Å². The van der Waals surface area contributed by atoms with Crippen LogP contribution in [-0.2, 0) is 9.63 Å². The number of hydrogen-bond donors (Lipinski definition) is 0. The van der Waals surface area contributed by atoms with Gasteiger partial charge in [0.05, 0.1) is 13.0 Å². The van der Waals surface area contributed by atoms with Crippen molar-refractivity contribution in [2.75, 3.05) is 27.2 Å². The van der Waals surface area contributed by atoms with Gasteiger partial charge < -0.3 is 0 Å². The van der Waals surface area contributed by atoms with Crippen molar-refractivity contribution in [3.8, 4) is 0 Å². The van der Waals surface area contributed by atoms with Crippen molar-refractivity contribution in [3.63, 3.8) is 0 Å².